The molecule has 0 aromatic rings. The first-order chi connectivity index (χ1) is 8.48. The highest BCUT2D eigenvalue weighted by Gasteiger charge is 2.36. The third kappa shape index (κ3) is 6.19. The molecular formula is C16H33NO. The third-order valence-corrected chi connectivity index (χ3v) is 3.75. The Balaban J connectivity index is 2.41. The minimum absolute atomic E-state index is 0.454. The van der Waals surface area contributed by atoms with Gasteiger partial charge in [-0.05, 0) is 50.5 Å². The summed E-state index contributed by atoms with van der Waals surface area (Å²) < 4.78 is 6.00. The van der Waals surface area contributed by atoms with Gasteiger partial charge in [-0.1, -0.05) is 34.1 Å². The van der Waals surface area contributed by atoms with Crippen LogP contribution in [-0.2, 0) is 4.74 Å². The maximum absolute atomic E-state index is 6.00. The summed E-state index contributed by atoms with van der Waals surface area (Å²) in [5.41, 5.74) is 0.456. The van der Waals surface area contributed by atoms with E-state index in [1.54, 1.807) is 0 Å². The molecule has 1 rings (SSSR count). The Hall–Kier alpha value is -0.0800. The van der Waals surface area contributed by atoms with Gasteiger partial charge >= 0.3 is 0 Å². The van der Waals surface area contributed by atoms with E-state index in [4.69, 9.17) is 4.74 Å². The summed E-state index contributed by atoms with van der Waals surface area (Å²) in [5.74, 6) is 0.823. The average Bonchev–Trinajstić information content (AvgIpc) is 3.07. The van der Waals surface area contributed by atoms with Gasteiger partial charge in [0.2, 0.25) is 0 Å². The quantitative estimate of drug-likeness (QED) is 0.672. The normalized spacial score (nSPS) is 19.8. The molecule has 0 aromatic carbocycles. The van der Waals surface area contributed by atoms with Crippen LogP contribution in [-0.4, -0.2) is 25.3 Å². The largest absolute Gasteiger partial charge is 0.377 e. The number of rotatable bonds is 9. The van der Waals surface area contributed by atoms with Crippen molar-refractivity contribution in [2.45, 2.75) is 78.9 Å². The van der Waals surface area contributed by atoms with Crippen molar-refractivity contribution in [2.24, 2.45) is 11.3 Å². The maximum Gasteiger partial charge on any atom is 0.0755 e. The van der Waals surface area contributed by atoms with Gasteiger partial charge in [0.15, 0.2) is 0 Å². The second-order valence-corrected chi connectivity index (χ2v) is 6.87. The van der Waals surface area contributed by atoms with Crippen LogP contribution in [0.5, 0.6) is 0 Å². The lowest BCUT2D eigenvalue weighted by Gasteiger charge is -2.29. The molecule has 0 radical (unpaired) electrons. The van der Waals surface area contributed by atoms with Crippen molar-refractivity contribution >= 4 is 0 Å². The van der Waals surface area contributed by atoms with Crippen molar-refractivity contribution in [2.75, 3.05) is 13.2 Å². The molecular weight excluding hydrogens is 222 g/mol. The van der Waals surface area contributed by atoms with E-state index < -0.39 is 0 Å². The molecule has 1 aliphatic carbocycles. The molecule has 0 spiro atoms. The van der Waals surface area contributed by atoms with E-state index in [2.05, 4.69) is 39.9 Å². The SMILES string of the molecule is CCNC(CCCC(C)(C)C)C(OCC)C1CC1. The number of ether oxygens (including phenoxy) is 1. The van der Waals surface area contributed by atoms with E-state index in [1.165, 1.54) is 32.1 Å². The molecule has 1 saturated carbocycles. The summed E-state index contributed by atoms with van der Waals surface area (Å²) in [6, 6.07) is 0.560. The van der Waals surface area contributed by atoms with Gasteiger partial charge in [-0.2, -0.15) is 0 Å². The molecule has 2 atom stereocenters. The van der Waals surface area contributed by atoms with Crippen LogP contribution in [0.25, 0.3) is 0 Å². The first kappa shape index (κ1) is 16.0. The fourth-order valence-corrected chi connectivity index (χ4v) is 2.69. The van der Waals surface area contributed by atoms with E-state index in [0.717, 1.165) is 19.1 Å². The Kier molecular flexibility index (Phi) is 6.65. The van der Waals surface area contributed by atoms with Crippen molar-refractivity contribution in [1.29, 1.82) is 0 Å². The molecule has 0 aliphatic heterocycles. The molecule has 1 N–H and O–H groups in total. The number of hydrogen-bond acceptors (Lipinski definition) is 2. The van der Waals surface area contributed by atoms with Crippen molar-refractivity contribution in [3.63, 3.8) is 0 Å². The van der Waals surface area contributed by atoms with Gasteiger partial charge < -0.3 is 10.1 Å². The highest BCUT2D eigenvalue weighted by Crippen LogP contribution is 2.37. The smallest absolute Gasteiger partial charge is 0.0755 e. The molecule has 0 bridgehead atoms. The zero-order chi connectivity index (χ0) is 13.6. The van der Waals surface area contributed by atoms with Gasteiger partial charge in [0.05, 0.1) is 6.10 Å². The van der Waals surface area contributed by atoms with Crippen LogP contribution in [0.2, 0.25) is 0 Å². The van der Waals surface area contributed by atoms with Crippen LogP contribution in [0.3, 0.4) is 0 Å². The minimum Gasteiger partial charge on any atom is -0.377 e. The van der Waals surface area contributed by atoms with Gasteiger partial charge in [-0.3, -0.25) is 0 Å². The Bertz CT molecular complexity index is 218. The summed E-state index contributed by atoms with van der Waals surface area (Å²) in [7, 11) is 0. The average molecular weight is 255 g/mol. The number of hydrogen-bond donors (Lipinski definition) is 1. The molecule has 0 saturated heterocycles. The van der Waals surface area contributed by atoms with Crippen LogP contribution in [0, 0.1) is 11.3 Å². The Labute approximate surface area is 114 Å². The van der Waals surface area contributed by atoms with Crippen molar-refractivity contribution < 1.29 is 4.74 Å². The van der Waals surface area contributed by atoms with Crippen LogP contribution >= 0.6 is 0 Å². The molecule has 108 valence electrons. The summed E-state index contributed by atoms with van der Waals surface area (Å²) in [5, 5.41) is 3.65. The highest BCUT2D eigenvalue weighted by molar-refractivity contribution is 4.90. The lowest BCUT2D eigenvalue weighted by Crippen LogP contribution is -2.42. The summed E-state index contributed by atoms with van der Waals surface area (Å²) in [4.78, 5) is 0. The summed E-state index contributed by atoms with van der Waals surface area (Å²) in [6.07, 6.45) is 7.05. The van der Waals surface area contributed by atoms with Crippen LogP contribution in [0.4, 0.5) is 0 Å². The van der Waals surface area contributed by atoms with Gasteiger partial charge in [0, 0.05) is 12.6 Å². The molecule has 1 fully saturated rings. The van der Waals surface area contributed by atoms with Gasteiger partial charge in [0.25, 0.3) is 0 Å². The zero-order valence-corrected chi connectivity index (χ0v) is 13.1. The molecule has 2 nitrogen and oxygen atoms in total. The van der Waals surface area contributed by atoms with Crippen molar-refractivity contribution in [3.05, 3.63) is 0 Å². The topological polar surface area (TPSA) is 21.3 Å². The molecule has 0 amide bonds. The molecule has 18 heavy (non-hydrogen) atoms. The van der Waals surface area contributed by atoms with Crippen LogP contribution < -0.4 is 5.32 Å². The lowest BCUT2D eigenvalue weighted by atomic mass is 9.88. The van der Waals surface area contributed by atoms with E-state index in [9.17, 15) is 0 Å². The van der Waals surface area contributed by atoms with Gasteiger partial charge in [-0.15, -0.1) is 0 Å². The van der Waals surface area contributed by atoms with Crippen molar-refractivity contribution in [1.82, 2.24) is 5.32 Å². The fraction of sp³-hybridized carbons (Fsp3) is 1.00. The monoisotopic (exact) mass is 255 g/mol. The molecule has 2 unspecified atom stereocenters. The van der Waals surface area contributed by atoms with Gasteiger partial charge in [-0.25, -0.2) is 0 Å². The third-order valence-electron chi connectivity index (χ3n) is 3.75. The van der Waals surface area contributed by atoms with E-state index in [-0.39, 0.29) is 0 Å². The molecule has 0 heterocycles. The van der Waals surface area contributed by atoms with E-state index in [0.29, 0.717) is 17.6 Å². The zero-order valence-electron chi connectivity index (χ0n) is 13.1. The molecule has 1 aliphatic rings. The highest BCUT2D eigenvalue weighted by atomic mass is 16.5. The predicted octanol–water partition coefficient (Wildman–Crippen LogP) is 4.00. The predicted molar refractivity (Wildman–Crippen MR) is 78.9 cm³/mol. The number of nitrogens with one attached hydrogen (secondary N) is 1. The van der Waals surface area contributed by atoms with E-state index >= 15 is 0 Å². The molecule has 2 heteroatoms. The van der Waals surface area contributed by atoms with Crippen molar-refractivity contribution in [3.8, 4) is 0 Å². The Morgan fingerprint density at radius 1 is 1.22 bits per heavy atom. The second-order valence-electron chi connectivity index (χ2n) is 6.87. The Morgan fingerprint density at radius 3 is 2.33 bits per heavy atom. The number of likely N-dealkylation sites (N-methyl/N-ethyl adjacent to an activating group) is 1. The maximum atomic E-state index is 6.00. The fourth-order valence-electron chi connectivity index (χ4n) is 2.69. The first-order valence-corrected chi connectivity index (χ1v) is 7.83. The van der Waals surface area contributed by atoms with Gasteiger partial charge in [0.1, 0.15) is 0 Å². The second kappa shape index (κ2) is 7.49. The molecule has 0 aromatic heterocycles. The first-order valence-electron chi connectivity index (χ1n) is 7.83. The minimum atomic E-state index is 0.454. The standard InChI is InChI=1S/C16H33NO/c1-6-17-14(9-8-12-16(3,4)5)15(18-7-2)13-10-11-13/h13-15,17H,6-12H2,1-5H3. The Morgan fingerprint density at radius 2 is 1.89 bits per heavy atom. The summed E-state index contributed by atoms with van der Waals surface area (Å²) in [6.45, 7) is 13.2. The lowest BCUT2D eigenvalue weighted by molar-refractivity contribution is 0.0162. The summed E-state index contributed by atoms with van der Waals surface area (Å²) >= 11 is 0. The van der Waals surface area contributed by atoms with Crippen LogP contribution in [0.15, 0.2) is 0 Å². The van der Waals surface area contributed by atoms with E-state index in [1.807, 2.05) is 0 Å². The van der Waals surface area contributed by atoms with Crippen LogP contribution in [0.1, 0.15) is 66.7 Å².